The molecule has 0 fully saturated rings. The average Bonchev–Trinajstić information content (AvgIpc) is 3.22. The van der Waals surface area contributed by atoms with E-state index in [1.165, 1.54) is 321 Å². The number of unbranched alkanes of at least 4 members (excludes halogenated alkanes) is 48. The van der Waals surface area contributed by atoms with Crippen molar-refractivity contribution in [2.75, 3.05) is 0 Å². The first-order valence-corrected chi connectivity index (χ1v) is 28.6. The summed E-state index contributed by atoms with van der Waals surface area (Å²) < 4.78 is 0. The van der Waals surface area contributed by atoms with Crippen molar-refractivity contribution >= 4 is 8.58 Å². The van der Waals surface area contributed by atoms with Crippen molar-refractivity contribution in [2.45, 2.75) is 335 Å². The lowest BCUT2D eigenvalue weighted by atomic mass is 10.0. The molecule has 0 aromatic heterocycles. The molecule has 57 heavy (non-hydrogen) atoms. The van der Waals surface area contributed by atoms with Gasteiger partial charge in [0.2, 0.25) is 0 Å². The topological polar surface area (TPSA) is 0 Å². The summed E-state index contributed by atoms with van der Waals surface area (Å²) in [5.74, 6) is 4.85. The lowest BCUT2D eigenvalue weighted by Gasteiger charge is -2.04. The van der Waals surface area contributed by atoms with Gasteiger partial charge in [-0.25, -0.2) is 0 Å². The molecule has 0 spiro atoms. The summed E-state index contributed by atoms with van der Waals surface area (Å²) in [7, 11) is 0.891. The van der Waals surface area contributed by atoms with Crippen molar-refractivity contribution in [3.8, 4) is 0 Å². The van der Waals surface area contributed by atoms with Crippen LogP contribution in [0.4, 0.5) is 0 Å². The van der Waals surface area contributed by atoms with E-state index in [4.69, 9.17) is 0 Å². The molecule has 0 radical (unpaired) electrons. The molecule has 0 heterocycles. The van der Waals surface area contributed by atoms with Crippen LogP contribution < -0.4 is 0 Å². The summed E-state index contributed by atoms with van der Waals surface area (Å²) in [4.78, 5) is 0. The molecule has 0 nitrogen and oxygen atoms in total. The predicted octanol–water partition coefficient (Wildman–Crippen LogP) is 22.2. The Hall–Kier alpha value is -0.0900. The highest BCUT2D eigenvalue weighted by Crippen LogP contribution is 2.19. The SMILES string of the molecule is CCCCCCCCCCCCCCCCCCCCCCCCCC/C=C/P/C=C/CCCCCCCCCCCCCCCCCCCCCCCCCC. The van der Waals surface area contributed by atoms with Gasteiger partial charge >= 0.3 is 0 Å². The van der Waals surface area contributed by atoms with Gasteiger partial charge in [-0.15, -0.1) is 0 Å². The molecule has 0 aliphatic heterocycles. The van der Waals surface area contributed by atoms with E-state index >= 15 is 0 Å². The minimum Gasteiger partial charge on any atom is -0.0840 e. The smallest absolute Gasteiger partial charge is 0.0347 e. The van der Waals surface area contributed by atoms with E-state index in [0.29, 0.717) is 0 Å². The molecular weight excluding hydrogens is 704 g/mol. The Morgan fingerprint density at radius 1 is 0.193 bits per heavy atom. The van der Waals surface area contributed by atoms with Gasteiger partial charge in [0.05, 0.1) is 0 Å². The van der Waals surface area contributed by atoms with Crippen LogP contribution in [0.1, 0.15) is 335 Å². The van der Waals surface area contributed by atoms with Crippen molar-refractivity contribution in [1.82, 2.24) is 0 Å². The van der Waals surface area contributed by atoms with Crippen LogP contribution in [0, 0.1) is 0 Å². The highest BCUT2D eigenvalue weighted by Gasteiger charge is 1.98. The molecule has 0 aromatic rings. The van der Waals surface area contributed by atoms with Crippen LogP contribution in [0.3, 0.4) is 0 Å². The Morgan fingerprint density at radius 2 is 0.333 bits per heavy atom. The van der Waals surface area contributed by atoms with Crippen LogP contribution in [-0.2, 0) is 0 Å². The van der Waals surface area contributed by atoms with Gasteiger partial charge in [-0.05, 0) is 25.7 Å². The third kappa shape index (κ3) is 55.9. The zero-order chi connectivity index (χ0) is 40.9. The summed E-state index contributed by atoms with van der Waals surface area (Å²) in [6, 6.07) is 0. The molecule has 340 valence electrons. The van der Waals surface area contributed by atoms with Gasteiger partial charge in [-0.3, -0.25) is 0 Å². The monoisotopic (exact) mass is 815 g/mol. The number of rotatable bonds is 52. The Morgan fingerprint density at radius 3 is 0.491 bits per heavy atom. The molecule has 0 atom stereocenters. The molecular formula is C56H111P. The number of allylic oxidation sites excluding steroid dienone is 2. The first-order chi connectivity index (χ1) is 28.4. The average molecular weight is 815 g/mol. The first kappa shape index (κ1) is 56.9. The Kier molecular flexibility index (Phi) is 55.8. The minimum atomic E-state index is 0.891. The zero-order valence-corrected chi connectivity index (χ0v) is 41.2. The molecule has 0 aliphatic rings. The van der Waals surface area contributed by atoms with Gasteiger partial charge in [0.15, 0.2) is 0 Å². The largest absolute Gasteiger partial charge is 0.0840 e. The van der Waals surface area contributed by atoms with E-state index in [0.717, 1.165) is 8.58 Å². The summed E-state index contributed by atoms with van der Waals surface area (Å²) in [6.45, 7) is 4.62. The van der Waals surface area contributed by atoms with E-state index in [-0.39, 0.29) is 0 Å². The third-order valence-electron chi connectivity index (χ3n) is 12.9. The standard InChI is InChI=1S/C56H111P/c1-3-5-7-9-11-13-15-17-19-21-23-25-27-29-31-33-35-37-39-41-43-45-47-49-51-53-55-57-56-54-52-50-48-46-44-42-40-38-36-34-32-30-28-26-24-22-20-18-16-14-12-10-8-6-4-2/h53-57H,3-52H2,1-2H3/b55-53+,56-54+. The second-order valence-corrected chi connectivity index (χ2v) is 19.8. The molecule has 0 unspecified atom stereocenters. The fourth-order valence-electron chi connectivity index (χ4n) is 8.81. The van der Waals surface area contributed by atoms with Crippen LogP contribution >= 0.6 is 8.58 Å². The lowest BCUT2D eigenvalue weighted by Crippen LogP contribution is -1.84. The maximum absolute atomic E-state index is 2.45. The van der Waals surface area contributed by atoms with Crippen LogP contribution in [-0.4, -0.2) is 0 Å². The molecule has 0 aliphatic carbocycles. The van der Waals surface area contributed by atoms with Gasteiger partial charge in [0.25, 0.3) is 0 Å². The third-order valence-corrected chi connectivity index (χ3v) is 13.7. The summed E-state index contributed by atoms with van der Waals surface area (Å²) >= 11 is 0. The van der Waals surface area contributed by atoms with Crippen molar-refractivity contribution in [1.29, 1.82) is 0 Å². The summed E-state index contributed by atoms with van der Waals surface area (Å²) in [5, 5.41) is 0. The fraction of sp³-hybridized carbons (Fsp3) is 0.929. The van der Waals surface area contributed by atoms with Gasteiger partial charge in [-0.2, -0.15) is 0 Å². The van der Waals surface area contributed by atoms with E-state index in [2.05, 4.69) is 37.6 Å². The van der Waals surface area contributed by atoms with Crippen molar-refractivity contribution in [3.05, 3.63) is 23.8 Å². The molecule has 0 aromatic carbocycles. The van der Waals surface area contributed by atoms with Crippen LogP contribution in [0.5, 0.6) is 0 Å². The van der Waals surface area contributed by atoms with Gasteiger partial charge in [0, 0.05) is 0 Å². The second-order valence-electron chi connectivity index (χ2n) is 18.8. The zero-order valence-electron chi connectivity index (χ0n) is 40.2. The van der Waals surface area contributed by atoms with E-state index in [1.807, 2.05) is 0 Å². The summed E-state index contributed by atoms with van der Waals surface area (Å²) in [5.41, 5.74) is 0. The number of hydrogen-bond acceptors (Lipinski definition) is 0. The van der Waals surface area contributed by atoms with Crippen molar-refractivity contribution in [2.24, 2.45) is 0 Å². The molecule has 1 heteroatoms. The number of hydrogen-bond donors (Lipinski definition) is 0. The van der Waals surface area contributed by atoms with Crippen molar-refractivity contribution in [3.63, 3.8) is 0 Å². The Balaban J connectivity index is 3.14. The fourth-order valence-corrected chi connectivity index (χ4v) is 9.52. The second kappa shape index (κ2) is 55.9. The van der Waals surface area contributed by atoms with Gasteiger partial charge < -0.3 is 0 Å². The molecule has 0 saturated heterocycles. The van der Waals surface area contributed by atoms with Gasteiger partial charge in [-0.1, -0.05) is 342 Å². The Bertz CT molecular complexity index is 663. The predicted molar refractivity (Wildman–Crippen MR) is 269 cm³/mol. The normalized spacial score (nSPS) is 12.0. The maximum Gasteiger partial charge on any atom is -0.0347 e. The molecule has 0 bridgehead atoms. The molecule has 0 N–H and O–H groups in total. The van der Waals surface area contributed by atoms with Crippen LogP contribution in [0.15, 0.2) is 23.8 Å². The van der Waals surface area contributed by atoms with E-state index in [1.54, 1.807) is 0 Å². The first-order valence-electron chi connectivity index (χ1n) is 27.5. The Labute approximate surface area is 365 Å². The van der Waals surface area contributed by atoms with Crippen LogP contribution in [0.2, 0.25) is 0 Å². The highest BCUT2D eigenvalue weighted by atomic mass is 31.1. The minimum absolute atomic E-state index is 0.891. The maximum atomic E-state index is 2.45. The molecule has 0 saturated carbocycles. The molecule has 0 rings (SSSR count). The van der Waals surface area contributed by atoms with E-state index < -0.39 is 0 Å². The quantitative estimate of drug-likeness (QED) is 0.0424. The van der Waals surface area contributed by atoms with Crippen molar-refractivity contribution < 1.29 is 0 Å². The molecule has 0 amide bonds. The van der Waals surface area contributed by atoms with Gasteiger partial charge in [0.1, 0.15) is 0 Å². The lowest BCUT2D eigenvalue weighted by molar-refractivity contribution is 0.517. The summed E-state index contributed by atoms with van der Waals surface area (Å²) in [6.07, 6.45) is 78.0. The van der Waals surface area contributed by atoms with Crippen LogP contribution in [0.25, 0.3) is 0 Å². The van der Waals surface area contributed by atoms with E-state index in [9.17, 15) is 0 Å². The highest BCUT2D eigenvalue weighted by molar-refractivity contribution is 7.45.